The van der Waals surface area contributed by atoms with E-state index >= 15 is 0 Å². The average Bonchev–Trinajstić information content (AvgIpc) is 3.67. The van der Waals surface area contributed by atoms with Crippen LogP contribution in [0.15, 0.2) is 48.8 Å². The zero-order chi connectivity index (χ0) is 28.9. The summed E-state index contributed by atoms with van der Waals surface area (Å²) in [5.74, 6) is -1.73. The summed E-state index contributed by atoms with van der Waals surface area (Å²) in [4.78, 5) is 57.2. The molecule has 0 spiro atoms. The molecule has 4 heterocycles. The van der Waals surface area contributed by atoms with Crippen LogP contribution in [-0.2, 0) is 25.8 Å². The zero-order valence-electron chi connectivity index (χ0n) is 23.0. The van der Waals surface area contributed by atoms with Crippen molar-refractivity contribution in [3.63, 3.8) is 0 Å². The minimum atomic E-state index is -0.569. The van der Waals surface area contributed by atoms with E-state index in [9.17, 15) is 19.2 Å². The molecule has 0 saturated carbocycles. The first-order chi connectivity index (χ1) is 19.8. The van der Waals surface area contributed by atoms with Crippen LogP contribution in [0.1, 0.15) is 66.7 Å². The van der Waals surface area contributed by atoms with E-state index in [0.717, 1.165) is 41.9 Å². The molecule has 0 unspecified atom stereocenters. The SMILES string of the molecule is Cc1cc(C)n2ccc(C(=O)Nc3ccc(-c4cn(CCCCCCC(=O)ON5C(=O)CCC5=O)nn4)cc3)c2n1. The maximum atomic E-state index is 12.9. The summed E-state index contributed by atoms with van der Waals surface area (Å²) in [7, 11) is 0. The highest BCUT2D eigenvalue weighted by molar-refractivity contribution is 6.08. The molecule has 1 N–H and O–H groups in total. The first-order valence-corrected chi connectivity index (χ1v) is 13.6. The minimum absolute atomic E-state index is 0.0874. The number of benzene rings is 1. The molecule has 12 nitrogen and oxygen atoms in total. The lowest BCUT2D eigenvalue weighted by Crippen LogP contribution is -2.31. The smallest absolute Gasteiger partial charge is 0.330 e. The molecule has 0 bridgehead atoms. The summed E-state index contributed by atoms with van der Waals surface area (Å²) >= 11 is 0. The summed E-state index contributed by atoms with van der Waals surface area (Å²) in [6, 6.07) is 11.2. The van der Waals surface area contributed by atoms with Crippen molar-refractivity contribution in [1.29, 1.82) is 0 Å². The number of fused-ring (bicyclic) bond motifs is 1. The van der Waals surface area contributed by atoms with Gasteiger partial charge in [-0.3, -0.25) is 19.1 Å². The summed E-state index contributed by atoms with van der Waals surface area (Å²) in [5.41, 5.74) is 5.28. The van der Waals surface area contributed by atoms with Gasteiger partial charge in [-0.25, -0.2) is 9.78 Å². The van der Waals surface area contributed by atoms with Crippen molar-refractivity contribution in [3.05, 3.63) is 65.7 Å². The van der Waals surface area contributed by atoms with Crippen LogP contribution in [-0.4, -0.2) is 53.1 Å². The number of unbranched alkanes of at least 4 members (excludes halogenated alkanes) is 3. The second-order valence-electron chi connectivity index (χ2n) is 10.1. The van der Waals surface area contributed by atoms with Gasteiger partial charge in [0.15, 0.2) is 0 Å². The van der Waals surface area contributed by atoms with E-state index in [0.29, 0.717) is 34.9 Å². The molecule has 1 aliphatic heterocycles. The lowest BCUT2D eigenvalue weighted by atomic mass is 10.1. The molecule has 4 aromatic rings. The van der Waals surface area contributed by atoms with Gasteiger partial charge in [0, 0.05) is 54.6 Å². The standard InChI is InChI=1S/C29H31N7O5/c1-19-17-20(2)35-16-14-23(28(35)30-19)29(40)31-22-10-8-21(9-11-22)24-18-34(33-32-24)15-6-4-3-5-7-27(39)41-36-25(37)12-13-26(36)38/h8-11,14,16-18H,3-7,12-13,15H2,1-2H3,(H,31,40). The quantitative estimate of drug-likeness (QED) is 0.215. The molecule has 3 amide bonds. The normalized spacial score (nSPS) is 13.3. The average molecular weight is 558 g/mol. The Balaban J connectivity index is 1.06. The molecule has 1 aliphatic rings. The number of amides is 3. The molecule has 0 aliphatic carbocycles. The largest absolute Gasteiger partial charge is 0.333 e. The number of anilines is 1. The number of nitrogens with one attached hydrogen (secondary N) is 1. The van der Waals surface area contributed by atoms with E-state index < -0.39 is 17.8 Å². The van der Waals surface area contributed by atoms with Crippen LogP contribution < -0.4 is 5.32 Å². The van der Waals surface area contributed by atoms with Crippen molar-refractivity contribution in [2.24, 2.45) is 0 Å². The molecule has 3 aromatic heterocycles. The molecule has 12 heteroatoms. The Morgan fingerprint density at radius 1 is 0.976 bits per heavy atom. The summed E-state index contributed by atoms with van der Waals surface area (Å²) in [6.45, 7) is 4.57. The molecule has 5 rings (SSSR count). The van der Waals surface area contributed by atoms with Crippen molar-refractivity contribution in [1.82, 2.24) is 29.4 Å². The van der Waals surface area contributed by atoms with Gasteiger partial charge in [0.25, 0.3) is 17.7 Å². The Bertz CT molecular complexity index is 1590. The maximum Gasteiger partial charge on any atom is 0.333 e. The van der Waals surface area contributed by atoms with E-state index in [4.69, 9.17) is 4.84 Å². The summed E-state index contributed by atoms with van der Waals surface area (Å²) < 4.78 is 3.67. The van der Waals surface area contributed by atoms with Crippen LogP contribution in [0, 0.1) is 13.8 Å². The van der Waals surface area contributed by atoms with Crippen molar-refractivity contribution in [2.75, 3.05) is 5.32 Å². The third-order valence-corrected chi connectivity index (χ3v) is 6.88. The van der Waals surface area contributed by atoms with E-state index in [1.807, 2.05) is 61.0 Å². The number of hydrogen-bond acceptors (Lipinski definition) is 8. The maximum absolute atomic E-state index is 12.9. The van der Waals surface area contributed by atoms with Crippen LogP contribution in [0.5, 0.6) is 0 Å². The van der Waals surface area contributed by atoms with Crippen LogP contribution in [0.3, 0.4) is 0 Å². The van der Waals surface area contributed by atoms with Gasteiger partial charge in [0.2, 0.25) is 0 Å². The number of hydroxylamine groups is 2. The van der Waals surface area contributed by atoms with Crippen LogP contribution in [0.4, 0.5) is 5.69 Å². The van der Waals surface area contributed by atoms with Crippen molar-refractivity contribution < 1.29 is 24.0 Å². The van der Waals surface area contributed by atoms with Gasteiger partial charge in [-0.15, -0.1) is 10.2 Å². The van der Waals surface area contributed by atoms with Crippen molar-refractivity contribution in [3.8, 4) is 11.3 Å². The topological polar surface area (TPSA) is 141 Å². The second-order valence-corrected chi connectivity index (χ2v) is 10.1. The third kappa shape index (κ3) is 6.48. The molecule has 0 radical (unpaired) electrons. The predicted octanol–water partition coefficient (Wildman–Crippen LogP) is 4.02. The summed E-state index contributed by atoms with van der Waals surface area (Å²) in [5, 5.41) is 12.0. The van der Waals surface area contributed by atoms with Gasteiger partial charge >= 0.3 is 5.97 Å². The molecule has 1 saturated heterocycles. The number of carbonyl (C=O) groups excluding carboxylic acids is 4. The molecule has 1 fully saturated rings. The Morgan fingerprint density at radius 3 is 2.46 bits per heavy atom. The highest BCUT2D eigenvalue weighted by Gasteiger charge is 2.32. The number of aryl methyl sites for hydroxylation is 3. The fourth-order valence-electron chi connectivity index (χ4n) is 4.74. The first-order valence-electron chi connectivity index (χ1n) is 13.6. The van der Waals surface area contributed by atoms with Gasteiger partial charge in [0.05, 0.1) is 11.8 Å². The Hall–Kier alpha value is -4.87. The first kappa shape index (κ1) is 27.7. The number of rotatable bonds is 11. The molecule has 212 valence electrons. The van der Waals surface area contributed by atoms with Gasteiger partial charge in [0.1, 0.15) is 11.3 Å². The summed E-state index contributed by atoms with van der Waals surface area (Å²) in [6.07, 6.45) is 7.20. The number of carbonyl (C=O) groups is 4. The van der Waals surface area contributed by atoms with Crippen molar-refractivity contribution in [2.45, 2.75) is 65.3 Å². The predicted molar refractivity (Wildman–Crippen MR) is 148 cm³/mol. The highest BCUT2D eigenvalue weighted by Crippen LogP contribution is 2.21. The third-order valence-electron chi connectivity index (χ3n) is 6.88. The van der Waals surface area contributed by atoms with E-state index in [1.54, 1.807) is 10.7 Å². The monoisotopic (exact) mass is 557 g/mol. The van der Waals surface area contributed by atoms with E-state index in [-0.39, 0.29) is 25.2 Å². The van der Waals surface area contributed by atoms with Crippen LogP contribution >= 0.6 is 0 Å². The second kappa shape index (κ2) is 12.1. The lowest BCUT2D eigenvalue weighted by Gasteiger charge is -2.12. The van der Waals surface area contributed by atoms with E-state index in [2.05, 4.69) is 20.6 Å². The van der Waals surface area contributed by atoms with Gasteiger partial charge in [-0.05, 0) is 51.0 Å². The lowest BCUT2D eigenvalue weighted by molar-refractivity contribution is -0.197. The Kier molecular flexibility index (Phi) is 8.18. The minimum Gasteiger partial charge on any atom is -0.330 e. The molecular formula is C29H31N7O5. The molecule has 41 heavy (non-hydrogen) atoms. The number of nitrogens with zero attached hydrogens (tertiary/aromatic N) is 6. The van der Waals surface area contributed by atoms with Crippen molar-refractivity contribution >= 4 is 35.0 Å². The van der Waals surface area contributed by atoms with Gasteiger partial charge in [-0.2, -0.15) is 0 Å². The zero-order valence-corrected chi connectivity index (χ0v) is 23.0. The number of hydrogen-bond donors (Lipinski definition) is 1. The van der Waals surface area contributed by atoms with Gasteiger partial charge < -0.3 is 14.6 Å². The van der Waals surface area contributed by atoms with E-state index in [1.165, 1.54) is 0 Å². The fourth-order valence-corrected chi connectivity index (χ4v) is 4.74. The molecular weight excluding hydrogens is 526 g/mol. The van der Waals surface area contributed by atoms with Crippen LogP contribution in [0.25, 0.3) is 16.9 Å². The number of aromatic nitrogens is 5. The Morgan fingerprint density at radius 2 is 1.71 bits per heavy atom. The number of imide groups is 1. The molecule has 0 atom stereocenters. The molecule has 1 aromatic carbocycles. The Labute approximate surface area is 236 Å². The fraction of sp³-hybridized carbons (Fsp3) is 0.345. The van der Waals surface area contributed by atoms with Crippen LogP contribution in [0.2, 0.25) is 0 Å². The van der Waals surface area contributed by atoms with Gasteiger partial charge in [-0.1, -0.05) is 30.2 Å². The highest BCUT2D eigenvalue weighted by atomic mass is 16.7.